The van der Waals surface area contributed by atoms with Gasteiger partial charge >= 0.3 is 0 Å². The van der Waals surface area contributed by atoms with E-state index in [1.165, 1.54) is 12.1 Å². The van der Waals surface area contributed by atoms with E-state index in [-0.39, 0.29) is 11.6 Å². The Labute approximate surface area is 189 Å². The van der Waals surface area contributed by atoms with Crippen LogP contribution in [-0.2, 0) is 4.79 Å². The molecule has 33 heavy (non-hydrogen) atoms. The van der Waals surface area contributed by atoms with E-state index >= 15 is 0 Å². The summed E-state index contributed by atoms with van der Waals surface area (Å²) in [5, 5.41) is 17.4. The number of hydrogen-bond acceptors (Lipinski definition) is 5. The zero-order valence-corrected chi connectivity index (χ0v) is 18.1. The molecule has 1 aliphatic heterocycles. The first-order valence-electron chi connectivity index (χ1n) is 10.5. The van der Waals surface area contributed by atoms with E-state index in [0.717, 1.165) is 22.2 Å². The van der Waals surface area contributed by atoms with Gasteiger partial charge in [0.15, 0.2) is 0 Å². The molecule has 0 radical (unpaired) electrons. The summed E-state index contributed by atoms with van der Waals surface area (Å²) < 4.78 is 1.97. The number of nitrogens with zero attached hydrogens (tertiary/aromatic N) is 3. The van der Waals surface area contributed by atoms with E-state index in [1.807, 2.05) is 66.9 Å². The van der Waals surface area contributed by atoms with Gasteiger partial charge in [0.05, 0.1) is 27.6 Å². The van der Waals surface area contributed by atoms with Gasteiger partial charge in [0, 0.05) is 23.5 Å². The standard InChI is InChI=1S/C25H21N5O3/c1-15-7-11-18(12-8-15)27-24(31)22-16(2)26-25-28-20-5-3-4-6-21(20)29(25)23(22)17-9-13-19(14-10-17)30(32)33/h3-14,23H,1-2H3,(H,26,28)(H,27,31)/t23-/m1/s1. The molecule has 0 aliphatic carbocycles. The maximum Gasteiger partial charge on any atom is 0.269 e. The second kappa shape index (κ2) is 7.90. The maximum atomic E-state index is 13.5. The number of carbonyl (C=O) groups excluding carboxylic acids is 1. The van der Waals surface area contributed by atoms with Gasteiger partial charge in [0.25, 0.3) is 11.6 Å². The quantitative estimate of drug-likeness (QED) is 0.337. The van der Waals surface area contributed by atoms with Gasteiger partial charge in [-0.15, -0.1) is 0 Å². The Morgan fingerprint density at radius 3 is 2.42 bits per heavy atom. The van der Waals surface area contributed by atoms with Crippen molar-refractivity contribution in [3.8, 4) is 0 Å². The number of anilines is 2. The number of allylic oxidation sites excluding steroid dienone is 1. The smallest absolute Gasteiger partial charge is 0.269 e. The molecule has 8 nitrogen and oxygen atoms in total. The van der Waals surface area contributed by atoms with E-state index in [0.29, 0.717) is 22.9 Å². The number of imidazole rings is 1. The molecule has 0 saturated carbocycles. The number of hydrogen-bond donors (Lipinski definition) is 2. The number of nitrogens with one attached hydrogen (secondary N) is 2. The van der Waals surface area contributed by atoms with Crippen LogP contribution in [0.5, 0.6) is 0 Å². The zero-order valence-electron chi connectivity index (χ0n) is 18.1. The molecular formula is C25H21N5O3. The van der Waals surface area contributed by atoms with Crippen LogP contribution in [0, 0.1) is 17.0 Å². The molecular weight excluding hydrogens is 418 g/mol. The number of fused-ring (bicyclic) bond motifs is 3. The summed E-state index contributed by atoms with van der Waals surface area (Å²) in [5.41, 5.74) is 5.37. The first-order valence-corrected chi connectivity index (χ1v) is 10.5. The fraction of sp³-hybridized carbons (Fsp3) is 0.120. The number of aryl methyl sites for hydroxylation is 1. The van der Waals surface area contributed by atoms with Crippen LogP contribution in [0.1, 0.15) is 24.1 Å². The number of nitro groups is 1. The molecule has 3 aromatic carbocycles. The monoisotopic (exact) mass is 439 g/mol. The fourth-order valence-corrected chi connectivity index (χ4v) is 4.19. The highest BCUT2D eigenvalue weighted by molar-refractivity contribution is 6.06. The molecule has 1 aliphatic rings. The second-order valence-electron chi connectivity index (χ2n) is 8.03. The molecule has 164 valence electrons. The van der Waals surface area contributed by atoms with Gasteiger partial charge < -0.3 is 10.6 Å². The van der Waals surface area contributed by atoms with Crippen molar-refractivity contribution in [1.29, 1.82) is 0 Å². The fourth-order valence-electron chi connectivity index (χ4n) is 4.19. The van der Waals surface area contributed by atoms with Gasteiger partial charge in [0.1, 0.15) is 0 Å². The number of non-ortho nitro benzene ring substituents is 1. The predicted molar refractivity (Wildman–Crippen MR) is 127 cm³/mol. The number of benzene rings is 3. The van der Waals surface area contributed by atoms with Gasteiger partial charge in [-0.05, 0) is 55.8 Å². The van der Waals surface area contributed by atoms with Crippen molar-refractivity contribution >= 4 is 34.3 Å². The van der Waals surface area contributed by atoms with Crippen LogP contribution in [0.2, 0.25) is 0 Å². The van der Waals surface area contributed by atoms with Crippen LogP contribution in [0.4, 0.5) is 17.3 Å². The Kier molecular flexibility index (Phi) is 4.90. The molecule has 2 N–H and O–H groups in total. The molecule has 0 spiro atoms. The lowest BCUT2D eigenvalue weighted by atomic mass is 9.94. The normalized spacial score (nSPS) is 15.2. The van der Waals surface area contributed by atoms with Gasteiger partial charge in [-0.2, -0.15) is 0 Å². The minimum Gasteiger partial charge on any atom is -0.329 e. The first kappa shape index (κ1) is 20.4. The number of carbonyl (C=O) groups is 1. The Balaban J connectivity index is 1.65. The van der Waals surface area contributed by atoms with E-state index in [9.17, 15) is 14.9 Å². The summed E-state index contributed by atoms with van der Waals surface area (Å²) >= 11 is 0. The molecule has 5 rings (SSSR count). The van der Waals surface area contributed by atoms with E-state index in [4.69, 9.17) is 4.98 Å². The van der Waals surface area contributed by atoms with Crippen molar-refractivity contribution in [1.82, 2.24) is 9.55 Å². The third-order valence-electron chi connectivity index (χ3n) is 5.80. The lowest BCUT2D eigenvalue weighted by molar-refractivity contribution is -0.384. The van der Waals surface area contributed by atoms with Crippen LogP contribution < -0.4 is 10.6 Å². The topological polar surface area (TPSA) is 102 Å². The molecule has 8 heteroatoms. The molecule has 0 unspecified atom stereocenters. The number of nitro benzene ring substituents is 1. The molecule has 0 fully saturated rings. The second-order valence-corrected chi connectivity index (χ2v) is 8.03. The molecule has 1 atom stereocenters. The Morgan fingerprint density at radius 2 is 1.73 bits per heavy atom. The number of aromatic nitrogens is 2. The molecule has 1 amide bonds. The van der Waals surface area contributed by atoms with Crippen molar-refractivity contribution in [3.63, 3.8) is 0 Å². The summed E-state index contributed by atoms with van der Waals surface area (Å²) in [7, 11) is 0. The minimum atomic E-state index is -0.514. The van der Waals surface area contributed by atoms with Crippen molar-refractivity contribution in [2.45, 2.75) is 19.9 Å². The van der Waals surface area contributed by atoms with E-state index < -0.39 is 11.0 Å². The average Bonchev–Trinajstić information content (AvgIpc) is 3.17. The highest BCUT2D eigenvalue weighted by Crippen LogP contribution is 2.39. The van der Waals surface area contributed by atoms with Gasteiger partial charge in [-0.1, -0.05) is 29.8 Å². The van der Waals surface area contributed by atoms with Crippen LogP contribution >= 0.6 is 0 Å². The highest BCUT2D eigenvalue weighted by atomic mass is 16.6. The Hall–Kier alpha value is -4.46. The number of para-hydroxylation sites is 2. The van der Waals surface area contributed by atoms with E-state index in [1.54, 1.807) is 12.1 Å². The molecule has 2 heterocycles. The predicted octanol–water partition coefficient (Wildman–Crippen LogP) is 5.18. The van der Waals surface area contributed by atoms with Crippen molar-refractivity contribution in [2.24, 2.45) is 0 Å². The van der Waals surface area contributed by atoms with Crippen molar-refractivity contribution in [2.75, 3.05) is 10.6 Å². The van der Waals surface area contributed by atoms with Crippen LogP contribution in [0.15, 0.2) is 84.1 Å². The largest absolute Gasteiger partial charge is 0.329 e. The van der Waals surface area contributed by atoms with Gasteiger partial charge in [-0.25, -0.2) is 4.98 Å². The maximum absolute atomic E-state index is 13.5. The van der Waals surface area contributed by atoms with Gasteiger partial charge in [0.2, 0.25) is 5.95 Å². The Bertz CT molecular complexity index is 1420. The summed E-state index contributed by atoms with van der Waals surface area (Å²) in [5.74, 6) is 0.361. The lowest BCUT2D eigenvalue weighted by Crippen LogP contribution is -2.30. The van der Waals surface area contributed by atoms with Crippen molar-refractivity contribution in [3.05, 3.63) is 105 Å². The van der Waals surface area contributed by atoms with Crippen LogP contribution in [0.3, 0.4) is 0 Å². The molecule has 1 aromatic heterocycles. The number of rotatable bonds is 4. The zero-order chi connectivity index (χ0) is 23.1. The SMILES string of the molecule is CC1=C(C(=O)Nc2ccc(C)cc2)[C@@H](c2ccc([N+](=O)[O-])cc2)n2c(nc3ccccc32)N1. The summed E-state index contributed by atoms with van der Waals surface area (Å²) in [4.78, 5) is 29.0. The van der Waals surface area contributed by atoms with Crippen molar-refractivity contribution < 1.29 is 9.72 Å². The summed E-state index contributed by atoms with van der Waals surface area (Å²) in [6, 6.07) is 21.1. The molecule has 0 bridgehead atoms. The van der Waals surface area contributed by atoms with Crippen LogP contribution in [0.25, 0.3) is 11.0 Å². The van der Waals surface area contributed by atoms with Gasteiger partial charge in [-0.3, -0.25) is 19.5 Å². The summed E-state index contributed by atoms with van der Waals surface area (Å²) in [6.07, 6.45) is 0. The highest BCUT2D eigenvalue weighted by Gasteiger charge is 2.34. The van der Waals surface area contributed by atoms with Crippen LogP contribution in [-0.4, -0.2) is 20.4 Å². The lowest BCUT2D eigenvalue weighted by Gasteiger charge is -2.30. The Morgan fingerprint density at radius 1 is 1.03 bits per heavy atom. The number of amides is 1. The average molecular weight is 439 g/mol. The molecule has 0 saturated heterocycles. The third kappa shape index (κ3) is 3.61. The minimum absolute atomic E-state index is 0.00486. The van der Waals surface area contributed by atoms with E-state index in [2.05, 4.69) is 10.6 Å². The summed E-state index contributed by atoms with van der Waals surface area (Å²) in [6.45, 7) is 3.82. The first-order chi connectivity index (χ1) is 15.9. The molecule has 4 aromatic rings. The third-order valence-corrected chi connectivity index (χ3v) is 5.80.